The van der Waals surface area contributed by atoms with E-state index in [1.54, 1.807) is 6.92 Å². The fourth-order valence-electron chi connectivity index (χ4n) is 20.5. The zero-order valence-electron chi connectivity index (χ0n) is 60.7. The third kappa shape index (κ3) is 14.6. The molecule has 107 heavy (non-hydrogen) atoms. The van der Waals surface area contributed by atoms with Crippen molar-refractivity contribution in [1.29, 1.82) is 0 Å². The second-order valence-electron chi connectivity index (χ2n) is 33.9. The van der Waals surface area contributed by atoms with Crippen molar-refractivity contribution in [1.82, 2.24) is 0 Å². The molecule has 12 aliphatic rings. The molecule has 5 aliphatic carbocycles. The summed E-state index contributed by atoms with van der Waals surface area (Å²) in [5.74, 6) is -3.69. The summed E-state index contributed by atoms with van der Waals surface area (Å²) in [5.41, 5.74) is -5.76. The van der Waals surface area contributed by atoms with Gasteiger partial charge in [-0.05, 0) is 104 Å². The molecule has 37 nitrogen and oxygen atoms in total. The monoisotopic (exact) mass is 1540 g/mol. The minimum Gasteiger partial charge on any atom is -0.479 e. The molecular formula is C70H112O37. The second kappa shape index (κ2) is 31.5. The lowest BCUT2D eigenvalue weighted by molar-refractivity contribution is -0.385. The van der Waals surface area contributed by atoms with E-state index in [-0.39, 0.29) is 37.2 Å². The second-order valence-corrected chi connectivity index (χ2v) is 33.9. The Hall–Kier alpha value is -2.64. The fourth-order valence-corrected chi connectivity index (χ4v) is 20.5. The van der Waals surface area contributed by atoms with E-state index in [0.29, 0.717) is 44.9 Å². The average molecular weight is 1550 g/mol. The first-order chi connectivity index (χ1) is 50.2. The Morgan fingerprint density at radius 1 is 0.495 bits per heavy atom. The van der Waals surface area contributed by atoms with Crippen molar-refractivity contribution in [2.24, 2.45) is 50.2 Å². The first-order valence-corrected chi connectivity index (χ1v) is 37.1. The number of rotatable bonds is 20. The molecule has 7 aliphatic heterocycles. The number of aliphatic hydroxyl groups excluding tert-OH is 19. The number of esters is 1. The molecule has 7 saturated heterocycles. The molecule has 0 radical (unpaired) electrons. The van der Waals surface area contributed by atoms with Gasteiger partial charge in [0.1, 0.15) is 128 Å². The van der Waals surface area contributed by atoms with Crippen molar-refractivity contribution in [3.63, 3.8) is 0 Å². The number of carbonyl (C=O) groups is 2. The standard InChI is InChI=1S/C70H112O37/c1-26-49(101-57-43(84)37(78)30(77)22-94-57)52(100-36-18-69(93,24-75)25-95-36)48(89)59(96-26)105-54-42(83)39(80)32(20-72)99-62(54)107-63(92)70-14-12-64(2,3)16-28(70)27-8-9-35-65(4)17-29(76)55(66(5,23-74)34(65)10-11-68(35,7)67(27,6)13-15-70)106-61-47(88)51(45(86)53(104-61)56(90)91)103-60-46(87)50(40(81)33(21-73)98-60)102-58-44(85)41(82)38(79)31(19-71)97-58/h8,26,28-55,57-62,71-89,93H,9-25H2,1-7H3,(H,90,91)/t26-,28-,29-,30+,31+,32+,33+,34+,35+,36-,37-,38+,39+,40-,41-,42-,43+,44+,45-,46+,47+,48+,49-,50-,51-,52-,53-,54+,55-,57-,58-,59-,60-,61-,62-,65-,66-,67+,68+,69+,70-/m0/s1. The summed E-state index contributed by atoms with van der Waals surface area (Å²) in [6, 6.07) is 0. The van der Waals surface area contributed by atoms with E-state index in [1.165, 1.54) is 6.92 Å². The highest BCUT2D eigenvalue weighted by Crippen LogP contribution is 2.76. The summed E-state index contributed by atoms with van der Waals surface area (Å²) in [6.07, 6.45) is -52.5. The van der Waals surface area contributed by atoms with E-state index in [0.717, 1.165) is 5.57 Å². The zero-order chi connectivity index (χ0) is 78.1. The number of hydrogen-bond donors (Lipinski definition) is 21. The Kier molecular flexibility index (Phi) is 24.7. The average Bonchev–Trinajstić information content (AvgIpc) is 1.13. The van der Waals surface area contributed by atoms with Crippen LogP contribution in [-0.2, 0) is 75.9 Å². The minimum absolute atomic E-state index is 0.0326. The SMILES string of the molecule is C[C@@H]1O[C@@H](O[C@H]2[C@H](OC(=O)[C@]34CCC(C)(C)C[C@H]3C3=CC[C@@H]5[C@@]6(C)C[C@H](O)[C@H](O[C@@H]7O[C@H](C(=O)O)[C@@H](O)[C@H](O[C@@H]8O[C@H](CO)[C@H](O)[C@H](O[C@@H]9O[C@H](CO)[C@@H](O)[C@H](O)[C@H]9O)[C@H]8O)[C@H]7O)[C@@](C)(CO)[C@@H]6CC[C@@]5(C)[C@]3(C)CC4)O[C@H](CO)[C@@H](O)[C@@H]2O)[C@H](O)[C@H](O[C@H]2C[C@@](O)(CO)CO2)[C@H]1O[C@@H]1OC[C@@H](O)[C@H](O)[C@H]1O. The van der Waals surface area contributed by atoms with E-state index in [2.05, 4.69) is 40.7 Å². The van der Waals surface area contributed by atoms with Crippen LogP contribution in [0.4, 0.5) is 0 Å². The van der Waals surface area contributed by atoms with Gasteiger partial charge in [-0.25, -0.2) is 4.79 Å². The van der Waals surface area contributed by atoms with Crippen LogP contribution in [-0.4, -0.2) is 368 Å². The quantitative estimate of drug-likeness (QED) is 0.0306. The molecule has 0 aromatic heterocycles. The van der Waals surface area contributed by atoms with Gasteiger partial charge in [-0.1, -0.05) is 53.2 Å². The van der Waals surface area contributed by atoms with Crippen molar-refractivity contribution >= 4 is 11.9 Å². The molecule has 12 rings (SSSR count). The van der Waals surface area contributed by atoms with Gasteiger partial charge in [-0.2, -0.15) is 0 Å². The lowest BCUT2D eigenvalue weighted by Gasteiger charge is -2.72. The number of fused-ring (bicyclic) bond motifs is 7. The first-order valence-electron chi connectivity index (χ1n) is 37.1. The third-order valence-electron chi connectivity index (χ3n) is 26.9. The van der Waals surface area contributed by atoms with E-state index in [4.69, 9.17) is 66.3 Å². The Morgan fingerprint density at radius 3 is 1.66 bits per heavy atom. The number of carboxylic acids is 1. The van der Waals surface area contributed by atoms with Gasteiger partial charge >= 0.3 is 11.9 Å². The molecule has 11 fully saturated rings. The van der Waals surface area contributed by atoms with Crippen molar-refractivity contribution in [3.05, 3.63) is 11.6 Å². The van der Waals surface area contributed by atoms with Crippen molar-refractivity contribution in [2.75, 3.05) is 46.2 Å². The largest absolute Gasteiger partial charge is 0.479 e. The molecule has 37 heteroatoms. The van der Waals surface area contributed by atoms with Crippen LogP contribution in [0.25, 0.3) is 0 Å². The number of aliphatic carboxylic acids is 1. The highest BCUT2D eigenvalue weighted by molar-refractivity contribution is 5.79. The molecule has 21 N–H and O–H groups in total. The van der Waals surface area contributed by atoms with Gasteiger partial charge in [0.05, 0.1) is 70.0 Å². The van der Waals surface area contributed by atoms with Gasteiger partial charge in [0.2, 0.25) is 6.29 Å². The number of ether oxygens (including phenoxy) is 14. The van der Waals surface area contributed by atoms with Crippen LogP contribution < -0.4 is 0 Å². The molecular weight excluding hydrogens is 1430 g/mol. The van der Waals surface area contributed by atoms with Gasteiger partial charge in [0.15, 0.2) is 49.9 Å². The Bertz CT molecular complexity index is 3100. The zero-order valence-corrected chi connectivity index (χ0v) is 60.7. The van der Waals surface area contributed by atoms with E-state index in [9.17, 15) is 112 Å². The van der Waals surface area contributed by atoms with Gasteiger partial charge < -0.3 is 174 Å². The predicted octanol–water partition coefficient (Wildman–Crippen LogP) is -7.19. The predicted molar refractivity (Wildman–Crippen MR) is 349 cm³/mol. The highest BCUT2D eigenvalue weighted by Gasteiger charge is 2.72. The molecule has 0 aromatic rings. The van der Waals surface area contributed by atoms with Crippen LogP contribution in [0.1, 0.15) is 113 Å². The number of allylic oxidation sites excluding steroid dienone is 2. The molecule has 0 amide bonds. The van der Waals surface area contributed by atoms with Gasteiger partial charge in [-0.3, -0.25) is 4.79 Å². The summed E-state index contributed by atoms with van der Waals surface area (Å²) in [5, 5.41) is 232. The number of hydrogen-bond acceptors (Lipinski definition) is 36. The van der Waals surface area contributed by atoms with E-state index in [1.807, 2.05) is 0 Å². The lowest BCUT2D eigenvalue weighted by atomic mass is 9.33. The van der Waals surface area contributed by atoms with E-state index < -0.39 is 293 Å². The van der Waals surface area contributed by atoms with Gasteiger partial charge in [-0.15, -0.1) is 0 Å². The van der Waals surface area contributed by atoms with Crippen LogP contribution in [0, 0.1) is 50.2 Å². The van der Waals surface area contributed by atoms with Crippen molar-refractivity contribution < 1.29 is 183 Å². The maximum Gasteiger partial charge on any atom is 0.335 e. The topological polar surface area (TPSA) is 588 Å². The van der Waals surface area contributed by atoms with Crippen LogP contribution >= 0.6 is 0 Å². The minimum atomic E-state index is -2.27. The van der Waals surface area contributed by atoms with Crippen molar-refractivity contribution in [2.45, 2.75) is 315 Å². The summed E-state index contributed by atoms with van der Waals surface area (Å²) in [7, 11) is 0. The summed E-state index contributed by atoms with van der Waals surface area (Å²) in [6.45, 7) is 8.98. The molecule has 0 bridgehead atoms. The van der Waals surface area contributed by atoms with Crippen molar-refractivity contribution in [3.8, 4) is 0 Å². The normalized spacial score (nSPS) is 54.2. The van der Waals surface area contributed by atoms with Crippen LogP contribution in [0.5, 0.6) is 0 Å². The number of aliphatic hydroxyl groups is 20. The smallest absolute Gasteiger partial charge is 0.335 e. The van der Waals surface area contributed by atoms with Crippen LogP contribution in [0.3, 0.4) is 0 Å². The highest BCUT2D eigenvalue weighted by atomic mass is 16.8. The summed E-state index contributed by atoms with van der Waals surface area (Å²) >= 11 is 0. The fraction of sp³-hybridized carbons (Fsp3) is 0.943. The first kappa shape index (κ1) is 83.8. The number of carboxylic acid groups (broad SMARTS) is 1. The Morgan fingerprint density at radius 2 is 1.05 bits per heavy atom. The molecule has 614 valence electrons. The maximum absolute atomic E-state index is 15.8. The lowest BCUT2D eigenvalue weighted by Crippen LogP contribution is -2.70. The van der Waals surface area contributed by atoms with Gasteiger partial charge in [0, 0.05) is 11.8 Å². The Labute approximate surface area is 616 Å². The molecule has 0 aromatic carbocycles. The van der Waals surface area contributed by atoms with Gasteiger partial charge in [0.25, 0.3) is 0 Å². The summed E-state index contributed by atoms with van der Waals surface area (Å²) < 4.78 is 83.6. The summed E-state index contributed by atoms with van der Waals surface area (Å²) in [4.78, 5) is 28.7. The molecule has 4 saturated carbocycles. The molecule has 7 heterocycles. The third-order valence-corrected chi connectivity index (χ3v) is 26.9. The maximum atomic E-state index is 15.8. The Balaban J connectivity index is 0.777. The molecule has 0 spiro atoms. The molecule has 41 atom stereocenters. The van der Waals surface area contributed by atoms with Crippen LogP contribution in [0.2, 0.25) is 0 Å². The van der Waals surface area contributed by atoms with E-state index >= 15 is 4.79 Å². The van der Waals surface area contributed by atoms with Crippen LogP contribution in [0.15, 0.2) is 11.6 Å². The molecule has 0 unspecified atom stereocenters. The number of carbonyl (C=O) groups excluding carboxylic acids is 1.